The molecule has 1 aromatic heterocycles. The van der Waals surface area contributed by atoms with Crippen molar-refractivity contribution >= 4 is 17.6 Å². The van der Waals surface area contributed by atoms with E-state index in [0.717, 1.165) is 12.8 Å². The van der Waals surface area contributed by atoms with E-state index >= 15 is 0 Å². The molecule has 1 fully saturated rings. The van der Waals surface area contributed by atoms with Crippen molar-refractivity contribution in [3.05, 3.63) is 29.6 Å². The molecule has 8 nitrogen and oxygen atoms in total. The molecule has 1 aliphatic heterocycles. The first-order valence-electron chi connectivity index (χ1n) is 6.59. The van der Waals surface area contributed by atoms with Gasteiger partial charge in [-0.1, -0.05) is 5.16 Å². The first kappa shape index (κ1) is 14.8. The summed E-state index contributed by atoms with van der Waals surface area (Å²) in [6.07, 6.45) is 3.61. The van der Waals surface area contributed by atoms with Crippen molar-refractivity contribution in [3.8, 4) is 0 Å². The van der Waals surface area contributed by atoms with Crippen LogP contribution in [0.3, 0.4) is 0 Å². The molecule has 0 spiro atoms. The van der Waals surface area contributed by atoms with Crippen LogP contribution in [0, 0.1) is 0 Å². The second kappa shape index (κ2) is 6.21. The number of primary amides is 1. The lowest BCUT2D eigenvalue weighted by Gasteiger charge is -2.33. The number of hydrogen-bond acceptors (Lipinski definition) is 5. The Morgan fingerprint density at radius 3 is 2.67 bits per heavy atom. The first-order valence-corrected chi connectivity index (χ1v) is 6.59. The number of rotatable bonds is 3. The zero-order chi connectivity index (χ0) is 15.4. The maximum atomic E-state index is 12.4. The topological polar surface area (TPSA) is 135 Å². The molecule has 1 saturated heterocycles. The molecule has 1 atom stereocenters. The Morgan fingerprint density at radius 1 is 1.33 bits per heavy atom. The SMILES string of the molecule is NC(=O)C1CCCCN1C(=O)c1ccc(C(N)=NO)cn1. The van der Waals surface area contributed by atoms with Gasteiger partial charge in [0.15, 0.2) is 5.84 Å². The van der Waals surface area contributed by atoms with Crippen molar-refractivity contribution in [1.82, 2.24) is 9.88 Å². The second-order valence-corrected chi connectivity index (χ2v) is 4.83. The quantitative estimate of drug-likeness (QED) is 0.303. The van der Waals surface area contributed by atoms with E-state index in [1.54, 1.807) is 0 Å². The van der Waals surface area contributed by atoms with Crippen LogP contribution in [-0.4, -0.2) is 45.3 Å². The molecule has 0 aromatic carbocycles. The van der Waals surface area contributed by atoms with Crippen LogP contribution in [0.4, 0.5) is 0 Å². The van der Waals surface area contributed by atoms with Gasteiger partial charge >= 0.3 is 0 Å². The van der Waals surface area contributed by atoms with Gasteiger partial charge in [-0.15, -0.1) is 0 Å². The van der Waals surface area contributed by atoms with Gasteiger partial charge in [0.1, 0.15) is 11.7 Å². The number of likely N-dealkylation sites (tertiary alicyclic amines) is 1. The number of piperidine rings is 1. The van der Waals surface area contributed by atoms with Crippen molar-refractivity contribution in [2.75, 3.05) is 6.54 Å². The van der Waals surface area contributed by atoms with Gasteiger partial charge in [0.25, 0.3) is 5.91 Å². The molecule has 8 heteroatoms. The third kappa shape index (κ3) is 3.10. The standard InChI is InChI=1S/C13H17N5O3/c14-11(17-21)8-4-5-9(16-7-8)13(20)18-6-2-1-3-10(18)12(15)19/h4-5,7,10,21H,1-3,6H2,(H2,14,17)(H2,15,19). The predicted molar refractivity (Wildman–Crippen MR) is 74.6 cm³/mol. The zero-order valence-corrected chi connectivity index (χ0v) is 11.4. The Labute approximate surface area is 121 Å². The summed E-state index contributed by atoms with van der Waals surface area (Å²) in [6.45, 7) is 0.482. The maximum Gasteiger partial charge on any atom is 0.273 e. The van der Waals surface area contributed by atoms with Crippen LogP contribution in [0.5, 0.6) is 0 Å². The average Bonchev–Trinajstić information content (AvgIpc) is 2.53. The van der Waals surface area contributed by atoms with Crippen LogP contribution in [0.1, 0.15) is 35.3 Å². The zero-order valence-electron chi connectivity index (χ0n) is 11.4. The number of pyridine rings is 1. The fourth-order valence-corrected chi connectivity index (χ4v) is 2.35. The average molecular weight is 291 g/mol. The fourth-order valence-electron chi connectivity index (χ4n) is 2.35. The third-order valence-electron chi connectivity index (χ3n) is 3.48. The van der Waals surface area contributed by atoms with E-state index < -0.39 is 11.9 Å². The summed E-state index contributed by atoms with van der Waals surface area (Å²) in [5.74, 6) is -0.935. The highest BCUT2D eigenvalue weighted by Gasteiger charge is 2.31. The molecule has 5 N–H and O–H groups in total. The van der Waals surface area contributed by atoms with E-state index in [1.807, 2.05) is 0 Å². The van der Waals surface area contributed by atoms with Gasteiger partial charge in [0.05, 0.1) is 0 Å². The number of carbonyl (C=O) groups is 2. The Morgan fingerprint density at radius 2 is 2.10 bits per heavy atom. The fraction of sp³-hybridized carbons (Fsp3) is 0.385. The van der Waals surface area contributed by atoms with E-state index in [9.17, 15) is 9.59 Å². The molecular formula is C13H17N5O3. The number of amides is 2. The van der Waals surface area contributed by atoms with Gasteiger partial charge in [0.2, 0.25) is 5.91 Å². The number of nitrogens with zero attached hydrogens (tertiary/aromatic N) is 3. The van der Waals surface area contributed by atoms with Crippen molar-refractivity contribution < 1.29 is 14.8 Å². The van der Waals surface area contributed by atoms with E-state index in [4.69, 9.17) is 16.7 Å². The van der Waals surface area contributed by atoms with Gasteiger partial charge in [-0.2, -0.15) is 0 Å². The van der Waals surface area contributed by atoms with Crippen LogP contribution in [0.25, 0.3) is 0 Å². The largest absolute Gasteiger partial charge is 0.409 e. The lowest BCUT2D eigenvalue weighted by Crippen LogP contribution is -2.50. The number of carbonyl (C=O) groups excluding carboxylic acids is 2. The van der Waals surface area contributed by atoms with Crippen LogP contribution in [0.15, 0.2) is 23.5 Å². The molecule has 2 heterocycles. The summed E-state index contributed by atoms with van der Waals surface area (Å²) >= 11 is 0. The van der Waals surface area contributed by atoms with Crippen LogP contribution in [-0.2, 0) is 4.79 Å². The second-order valence-electron chi connectivity index (χ2n) is 4.83. The number of oxime groups is 1. The summed E-state index contributed by atoms with van der Waals surface area (Å²) in [7, 11) is 0. The minimum Gasteiger partial charge on any atom is -0.409 e. The van der Waals surface area contributed by atoms with Crippen molar-refractivity contribution in [2.24, 2.45) is 16.6 Å². The normalized spacial score (nSPS) is 19.3. The van der Waals surface area contributed by atoms with Crippen LogP contribution >= 0.6 is 0 Å². The molecule has 21 heavy (non-hydrogen) atoms. The predicted octanol–water partition coefficient (Wildman–Crippen LogP) is -0.344. The first-order chi connectivity index (χ1) is 10.0. The summed E-state index contributed by atoms with van der Waals surface area (Å²) < 4.78 is 0. The van der Waals surface area contributed by atoms with Crippen molar-refractivity contribution in [1.29, 1.82) is 0 Å². The molecule has 1 aliphatic rings. The molecule has 2 amide bonds. The molecule has 0 radical (unpaired) electrons. The molecule has 0 bridgehead atoms. The molecule has 1 unspecified atom stereocenters. The molecule has 2 rings (SSSR count). The van der Waals surface area contributed by atoms with Gasteiger partial charge in [-0.05, 0) is 31.4 Å². The van der Waals surface area contributed by atoms with E-state index in [2.05, 4.69) is 10.1 Å². The lowest BCUT2D eigenvalue weighted by atomic mass is 10.0. The molecule has 0 saturated carbocycles. The van der Waals surface area contributed by atoms with Gasteiger partial charge in [0, 0.05) is 18.3 Å². The highest BCUT2D eigenvalue weighted by atomic mass is 16.4. The Bertz CT molecular complexity index is 570. The minimum atomic E-state index is -0.586. The van der Waals surface area contributed by atoms with E-state index in [1.165, 1.54) is 23.2 Å². The highest BCUT2D eigenvalue weighted by Crippen LogP contribution is 2.19. The number of nitrogens with two attached hydrogens (primary N) is 2. The van der Waals surface area contributed by atoms with Crippen molar-refractivity contribution in [2.45, 2.75) is 25.3 Å². The number of hydrogen-bond donors (Lipinski definition) is 3. The molecular weight excluding hydrogens is 274 g/mol. The van der Waals surface area contributed by atoms with Crippen LogP contribution in [0.2, 0.25) is 0 Å². The Hall–Kier alpha value is -2.64. The number of aromatic nitrogens is 1. The minimum absolute atomic E-state index is 0.0884. The maximum absolute atomic E-state index is 12.4. The van der Waals surface area contributed by atoms with Gasteiger partial charge in [-0.3, -0.25) is 14.6 Å². The summed E-state index contributed by atoms with van der Waals surface area (Å²) in [6, 6.07) is 2.41. The van der Waals surface area contributed by atoms with Gasteiger partial charge in [-0.25, -0.2) is 0 Å². The smallest absolute Gasteiger partial charge is 0.273 e. The number of amidine groups is 1. The molecule has 0 aliphatic carbocycles. The lowest BCUT2D eigenvalue weighted by molar-refractivity contribution is -0.123. The summed E-state index contributed by atoms with van der Waals surface area (Å²) in [5, 5.41) is 11.4. The van der Waals surface area contributed by atoms with Crippen LogP contribution < -0.4 is 11.5 Å². The van der Waals surface area contributed by atoms with E-state index in [0.29, 0.717) is 18.5 Å². The van der Waals surface area contributed by atoms with E-state index in [-0.39, 0.29) is 17.4 Å². The Balaban J connectivity index is 2.20. The monoisotopic (exact) mass is 291 g/mol. The summed E-state index contributed by atoms with van der Waals surface area (Å²) in [4.78, 5) is 29.3. The highest BCUT2D eigenvalue weighted by molar-refractivity contribution is 5.99. The van der Waals surface area contributed by atoms with Gasteiger partial charge < -0.3 is 21.6 Å². The molecule has 1 aromatic rings. The third-order valence-corrected chi connectivity index (χ3v) is 3.48. The summed E-state index contributed by atoms with van der Waals surface area (Å²) in [5.41, 5.74) is 11.4. The van der Waals surface area contributed by atoms with Crippen molar-refractivity contribution in [3.63, 3.8) is 0 Å². The Kier molecular flexibility index (Phi) is 4.36. The molecule has 112 valence electrons.